The number of aromatic nitrogens is 2. The molecule has 1 aromatic heterocycles. The molecule has 2 aliphatic rings. The second-order valence-corrected chi connectivity index (χ2v) is 9.64. The summed E-state index contributed by atoms with van der Waals surface area (Å²) in [6.45, 7) is 10.1. The van der Waals surface area contributed by atoms with Gasteiger partial charge in [-0.15, -0.1) is 0 Å². The van der Waals surface area contributed by atoms with Crippen LogP contribution in [0.2, 0.25) is 5.15 Å². The van der Waals surface area contributed by atoms with Crippen LogP contribution in [0.5, 0.6) is 0 Å². The number of rotatable bonds is 6. The van der Waals surface area contributed by atoms with E-state index in [2.05, 4.69) is 62.8 Å². The Hall–Kier alpha value is -2.46. The van der Waals surface area contributed by atoms with Crippen LogP contribution >= 0.6 is 11.6 Å². The molecule has 184 valence electrons. The van der Waals surface area contributed by atoms with Gasteiger partial charge in [0.25, 0.3) is 5.91 Å². The van der Waals surface area contributed by atoms with E-state index in [0.717, 1.165) is 45.7 Å². The lowest BCUT2D eigenvalue weighted by molar-refractivity contribution is 0.0610. The predicted octanol–water partition coefficient (Wildman–Crippen LogP) is 2.19. The zero-order valence-electron chi connectivity index (χ0n) is 20.0. The van der Waals surface area contributed by atoms with Crippen LogP contribution in [0, 0.1) is 6.92 Å². The quantitative estimate of drug-likeness (QED) is 0.323. The second-order valence-electron chi connectivity index (χ2n) is 9.28. The van der Waals surface area contributed by atoms with Crippen LogP contribution in [-0.4, -0.2) is 70.5 Å². The van der Waals surface area contributed by atoms with Crippen molar-refractivity contribution in [3.8, 4) is 0 Å². The van der Waals surface area contributed by atoms with Crippen molar-refractivity contribution in [3.05, 3.63) is 46.2 Å². The molecular formula is C24H35ClN8O. The Bertz CT molecular complexity index is 993. The summed E-state index contributed by atoms with van der Waals surface area (Å²) in [5.74, 6) is 5.14. The number of hydrazine groups is 1. The Kier molecular flexibility index (Phi) is 7.88. The molecular weight excluding hydrogens is 452 g/mol. The lowest BCUT2D eigenvalue weighted by Gasteiger charge is -2.47. The minimum absolute atomic E-state index is 0.0266. The Labute approximate surface area is 206 Å². The van der Waals surface area contributed by atoms with Crippen LogP contribution in [-0.2, 0) is 6.54 Å². The predicted molar refractivity (Wildman–Crippen MR) is 136 cm³/mol. The number of nitrogens with one attached hydrogen (secondary N) is 1. The number of nitrogen functional groups attached to an aromatic ring is 2. The van der Waals surface area contributed by atoms with Crippen LogP contribution in [0.1, 0.15) is 47.8 Å². The van der Waals surface area contributed by atoms with Crippen molar-refractivity contribution in [1.29, 1.82) is 0 Å². The van der Waals surface area contributed by atoms with Crippen molar-refractivity contribution < 1.29 is 4.79 Å². The summed E-state index contributed by atoms with van der Waals surface area (Å²) in [7, 11) is 0. The number of hydrogen-bond acceptors (Lipinski definition) is 8. The average molecular weight is 487 g/mol. The molecule has 0 radical (unpaired) electrons. The van der Waals surface area contributed by atoms with Crippen LogP contribution < -0.4 is 21.9 Å². The molecule has 1 amide bonds. The van der Waals surface area contributed by atoms with Gasteiger partial charge in [-0.05, 0) is 44.8 Å². The molecule has 2 aromatic rings. The minimum Gasteiger partial charge on any atom is -0.382 e. The van der Waals surface area contributed by atoms with E-state index in [1.807, 2.05) is 5.43 Å². The lowest BCUT2D eigenvalue weighted by Crippen LogP contribution is -2.58. The van der Waals surface area contributed by atoms with Gasteiger partial charge in [-0.25, -0.2) is 15.8 Å². The lowest BCUT2D eigenvalue weighted by atomic mass is 9.98. The van der Waals surface area contributed by atoms with Crippen molar-refractivity contribution in [2.75, 3.05) is 43.4 Å². The molecule has 9 nitrogen and oxygen atoms in total. The maximum Gasteiger partial charge on any atom is 0.287 e. The standard InChI is InChI=1S/C24H35ClN8O/c1-3-18-15-32(23-21(25)28-20(22(26)29-23)24(34)30-27)12-13-33(18)19-8-10-31(11-9-19)14-17-6-4-16(2)5-7-17/h4-7,18-19H,3,8-15,27H2,1-2H3,(H2,26,29)(H,30,34)/t18-/m0/s1. The molecule has 0 unspecified atom stereocenters. The van der Waals surface area contributed by atoms with Crippen molar-refractivity contribution in [1.82, 2.24) is 25.2 Å². The summed E-state index contributed by atoms with van der Waals surface area (Å²) in [6, 6.07) is 9.85. The van der Waals surface area contributed by atoms with E-state index < -0.39 is 5.91 Å². The summed E-state index contributed by atoms with van der Waals surface area (Å²) in [5, 5.41) is 0.167. The largest absolute Gasteiger partial charge is 0.382 e. The molecule has 4 rings (SSSR count). The van der Waals surface area contributed by atoms with E-state index in [0.29, 0.717) is 17.9 Å². The maximum atomic E-state index is 11.8. The fraction of sp³-hybridized carbons (Fsp3) is 0.542. The van der Waals surface area contributed by atoms with E-state index in [1.165, 1.54) is 24.0 Å². The Morgan fingerprint density at radius 3 is 2.50 bits per heavy atom. The average Bonchev–Trinajstić information content (AvgIpc) is 2.86. The first kappa shape index (κ1) is 24.7. The molecule has 0 saturated carbocycles. The molecule has 34 heavy (non-hydrogen) atoms. The van der Waals surface area contributed by atoms with Gasteiger partial charge in [-0.1, -0.05) is 48.4 Å². The van der Waals surface area contributed by atoms with Gasteiger partial charge in [0.2, 0.25) is 0 Å². The molecule has 1 aromatic carbocycles. The fourth-order valence-corrected chi connectivity index (χ4v) is 5.37. The minimum atomic E-state index is -0.608. The molecule has 2 aliphatic heterocycles. The number of piperazine rings is 1. The van der Waals surface area contributed by atoms with Gasteiger partial charge in [0.05, 0.1) is 0 Å². The normalized spacial score (nSPS) is 20.5. The van der Waals surface area contributed by atoms with Gasteiger partial charge >= 0.3 is 0 Å². The molecule has 2 saturated heterocycles. The number of hydrogen-bond donors (Lipinski definition) is 3. The first-order valence-electron chi connectivity index (χ1n) is 12.0. The van der Waals surface area contributed by atoms with E-state index >= 15 is 0 Å². The summed E-state index contributed by atoms with van der Waals surface area (Å²) in [6.07, 6.45) is 3.39. The molecule has 10 heteroatoms. The van der Waals surface area contributed by atoms with Crippen LogP contribution in [0.25, 0.3) is 0 Å². The van der Waals surface area contributed by atoms with Crippen LogP contribution in [0.3, 0.4) is 0 Å². The highest BCUT2D eigenvalue weighted by atomic mass is 35.5. The van der Waals surface area contributed by atoms with Gasteiger partial charge in [0, 0.05) is 38.3 Å². The van der Waals surface area contributed by atoms with Crippen molar-refractivity contribution >= 4 is 29.1 Å². The Morgan fingerprint density at radius 1 is 1.15 bits per heavy atom. The molecule has 1 atom stereocenters. The van der Waals surface area contributed by atoms with E-state index in [-0.39, 0.29) is 16.7 Å². The van der Waals surface area contributed by atoms with Crippen molar-refractivity contribution in [3.63, 3.8) is 0 Å². The first-order valence-corrected chi connectivity index (χ1v) is 12.4. The SMILES string of the molecule is CC[C@H]1CN(c2nc(N)c(C(=O)NN)nc2Cl)CCN1C1CCN(Cc2ccc(C)cc2)CC1. The Morgan fingerprint density at radius 2 is 1.85 bits per heavy atom. The highest BCUT2D eigenvalue weighted by molar-refractivity contribution is 6.32. The third-order valence-electron chi connectivity index (χ3n) is 7.06. The number of carbonyl (C=O) groups excluding carboxylic acids is 1. The monoisotopic (exact) mass is 486 g/mol. The summed E-state index contributed by atoms with van der Waals surface area (Å²) in [5.41, 5.74) is 10.6. The molecule has 0 aliphatic carbocycles. The first-order chi connectivity index (χ1) is 16.4. The summed E-state index contributed by atoms with van der Waals surface area (Å²) >= 11 is 6.39. The number of amides is 1. The number of aryl methyl sites for hydroxylation is 1. The summed E-state index contributed by atoms with van der Waals surface area (Å²) in [4.78, 5) is 27.7. The number of carbonyl (C=O) groups is 1. The van der Waals surface area contributed by atoms with E-state index in [4.69, 9.17) is 23.2 Å². The number of likely N-dealkylation sites (tertiary alicyclic amines) is 1. The summed E-state index contributed by atoms with van der Waals surface area (Å²) < 4.78 is 0. The van der Waals surface area contributed by atoms with Gasteiger partial charge in [0.15, 0.2) is 22.5 Å². The van der Waals surface area contributed by atoms with Crippen molar-refractivity contribution in [2.45, 2.75) is 51.7 Å². The number of piperidine rings is 1. The highest BCUT2D eigenvalue weighted by Gasteiger charge is 2.34. The fourth-order valence-electron chi connectivity index (χ4n) is 5.12. The zero-order valence-corrected chi connectivity index (χ0v) is 20.8. The van der Waals surface area contributed by atoms with Gasteiger partial charge in [-0.2, -0.15) is 0 Å². The van der Waals surface area contributed by atoms with E-state index in [9.17, 15) is 4.79 Å². The second kappa shape index (κ2) is 10.9. The molecule has 0 spiro atoms. The van der Waals surface area contributed by atoms with E-state index in [1.54, 1.807) is 0 Å². The topological polar surface area (TPSA) is 117 Å². The number of anilines is 2. The molecule has 5 N–H and O–H groups in total. The smallest absolute Gasteiger partial charge is 0.287 e. The highest BCUT2D eigenvalue weighted by Crippen LogP contribution is 2.30. The van der Waals surface area contributed by atoms with Gasteiger partial charge in [-0.3, -0.25) is 20.0 Å². The van der Waals surface area contributed by atoms with Crippen LogP contribution in [0.4, 0.5) is 11.6 Å². The van der Waals surface area contributed by atoms with Crippen LogP contribution in [0.15, 0.2) is 24.3 Å². The number of nitrogens with two attached hydrogens (primary N) is 2. The number of halogens is 1. The number of benzene rings is 1. The molecule has 3 heterocycles. The zero-order chi connectivity index (χ0) is 24.2. The van der Waals surface area contributed by atoms with Gasteiger partial charge in [0.1, 0.15) is 0 Å². The van der Waals surface area contributed by atoms with Gasteiger partial charge < -0.3 is 10.6 Å². The third-order valence-corrected chi connectivity index (χ3v) is 7.32. The Balaban J connectivity index is 1.36. The number of nitrogens with zero attached hydrogens (tertiary/aromatic N) is 5. The van der Waals surface area contributed by atoms with Crippen molar-refractivity contribution in [2.24, 2.45) is 5.84 Å². The maximum absolute atomic E-state index is 11.8. The molecule has 0 bridgehead atoms. The third kappa shape index (κ3) is 5.43. The molecule has 2 fully saturated rings.